The molecule has 0 amide bonds. The van der Waals surface area contributed by atoms with E-state index >= 15 is 4.79 Å². The van der Waals surface area contributed by atoms with Crippen LogP contribution < -0.4 is 14.2 Å². The lowest BCUT2D eigenvalue weighted by molar-refractivity contribution is -0.166. The highest BCUT2D eigenvalue weighted by molar-refractivity contribution is 5.92. The minimum atomic E-state index is -2.38. The van der Waals surface area contributed by atoms with Gasteiger partial charge in [0.25, 0.3) is 0 Å². The van der Waals surface area contributed by atoms with Gasteiger partial charge in [-0.25, -0.2) is 24.0 Å². The van der Waals surface area contributed by atoms with Crippen LogP contribution in [0.15, 0.2) is 133 Å². The van der Waals surface area contributed by atoms with Crippen molar-refractivity contribution in [2.75, 3.05) is 0 Å². The summed E-state index contributed by atoms with van der Waals surface area (Å²) in [6.07, 6.45) is -14.9. The first-order valence-corrected chi connectivity index (χ1v) is 30.9. The zero-order chi connectivity index (χ0) is 75.0. The number of aliphatic carboxylic acids is 4. The van der Waals surface area contributed by atoms with Crippen molar-refractivity contribution in [1.82, 2.24) is 0 Å². The summed E-state index contributed by atoms with van der Waals surface area (Å²) in [6, 6.07) is 22.4. The summed E-state index contributed by atoms with van der Waals surface area (Å²) < 4.78 is 40.6. The lowest BCUT2D eigenvalue weighted by Crippen LogP contribution is -2.35. The average molecular weight is 1440 g/mol. The quantitative estimate of drug-likeness (QED) is 0.0133. The van der Waals surface area contributed by atoms with Gasteiger partial charge in [-0.15, -0.1) is 0 Å². The Labute approximate surface area is 582 Å². The summed E-state index contributed by atoms with van der Waals surface area (Å²) >= 11 is 0. The molecule has 0 radical (unpaired) electrons. The molecule has 0 saturated heterocycles. The van der Waals surface area contributed by atoms with Crippen molar-refractivity contribution in [2.45, 2.75) is 86.2 Å². The van der Waals surface area contributed by atoms with E-state index < -0.39 is 231 Å². The van der Waals surface area contributed by atoms with Crippen LogP contribution >= 0.6 is 0 Å². The van der Waals surface area contributed by atoms with Crippen LogP contribution in [-0.2, 0) is 83.0 Å². The van der Waals surface area contributed by atoms with Crippen molar-refractivity contribution in [1.29, 1.82) is 0 Å². The molecule has 0 bridgehead atoms. The van der Waals surface area contributed by atoms with Crippen LogP contribution in [0.3, 0.4) is 0 Å². The summed E-state index contributed by atoms with van der Waals surface area (Å²) in [5.74, 6) is -28.7. The van der Waals surface area contributed by atoms with Crippen LogP contribution in [0.1, 0.15) is 97.3 Å². The van der Waals surface area contributed by atoms with Crippen molar-refractivity contribution < 1.29 is 158 Å². The molecule has 0 fully saturated rings. The molecule has 0 aromatic heterocycles. The van der Waals surface area contributed by atoms with Crippen LogP contribution in [0, 0.1) is 0 Å². The molecule has 32 nitrogen and oxygen atoms in total. The smallest absolute Gasteiger partial charge is 0.345 e. The Kier molecular flexibility index (Phi) is 19.7. The van der Waals surface area contributed by atoms with Gasteiger partial charge in [0.15, 0.2) is 92.0 Å². The summed E-state index contributed by atoms with van der Waals surface area (Å²) in [7, 11) is 0. The lowest BCUT2D eigenvalue weighted by Gasteiger charge is -2.24. The zero-order valence-corrected chi connectivity index (χ0v) is 53.1. The van der Waals surface area contributed by atoms with E-state index in [0.717, 1.165) is 109 Å². The van der Waals surface area contributed by atoms with E-state index in [2.05, 4.69) is 0 Å². The van der Waals surface area contributed by atoms with Crippen molar-refractivity contribution >= 4 is 53.8 Å². The fourth-order valence-corrected chi connectivity index (χ4v) is 12.3. The number of rotatable bonds is 24. The molecular weight excluding hydrogens is 1380 g/mol. The van der Waals surface area contributed by atoms with E-state index in [1.54, 1.807) is 0 Å². The molecule has 0 unspecified atom stereocenters. The molecule has 11 rings (SSSR count). The van der Waals surface area contributed by atoms with Gasteiger partial charge < -0.3 is 120 Å². The number of fused-ring (bicyclic) bond motifs is 3. The van der Waals surface area contributed by atoms with Gasteiger partial charge >= 0.3 is 47.8 Å². The normalized spacial score (nSPS) is 18.0. The van der Waals surface area contributed by atoms with E-state index in [0.29, 0.717) is 0 Å². The standard InChI is InChI=1S/C72H58O32/c73-37-9-1-29(18-44(37)80)21-50(66(87)88)98-54(86)16-3-28-17-36-57(60(102-63(36)49(85)20-28)33-6-11-39(75)46(82)23-33)70(95)100-52(68(91)92)26-31-4-14-43(79)65-56(31)59(62(104-65)35-8-13-41(77)48(84)25-35)72(97)101-53(69(93)94)27-32-5-15-42(78)64-55(32)58(61(103-64)34-7-12-40(76)47(83)24-34)71(96)99-51(67(89)90)22-30-2-10-38(74)45(81)19-30/h1-20,23-25,50-53,57-62,73-85H,21-22,26-27H2,(H,87,88)(H,89,90)(H,91,92)(H,93,94)/t50-,51-,52-,53-,57+,58+,59+,60-,61-,62-/m1/s1. The molecule has 10 atom stereocenters. The molecule has 0 saturated carbocycles. The highest BCUT2D eigenvalue weighted by Gasteiger charge is 2.51. The second-order valence-corrected chi connectivity index (χ2v) is 24.1. The van der Waals surface area contributed by atoms with Crippen LogP contribution in [0.5, 0.6) is 92.0 Å². The number of carboxylic acid groups (broad SMARTS) is 4. The number of hydrogen-bond acceptors (Lipinski definition) is 28. The molecule has 17 N–H and O–H groups in total. The molecule has 3 aliphatic rings. The van der Waals surface area contributed by atoms with E-state index in [1.807, 2.05) is 0 Å². The Morgan fingerprint density at radius 3 is 1.04 bits per heavy atom. The SMILES string of the molecule is O=C(C=Cc1cc(O)c2c(c1)[C@H](C(=O)O[C@H](Cc1ccc(O)c3c1[C@H](C(=O)O[C@H](Cc1ccc(O)c4c1[C@H](C(=O)O[C@H](Cc1ccc(O)c(O)c1)C(=O)O)[C@@H](c1ccc(O)c(O)c1)O4)C(=O)O)[C@@H](c1ccc(O)c(O)c1)O3)C(=O)O)[C@@H](c1ccc(O)c(O)c1)O2)O[C@H](Cc1ccc(O)c(O)c1)C(=O)O. The van der Waals surface area contributed by atoms with E-state index in [4.69, 9.17) is 33.2 Å². The first-order chi connectivity index (χ1) is 49.3. The molecule has 3 aliphatic heterocycles. The Morgan fingerprint density at radius 1 is 0.337 bits per heavy atom. The fraction of sp³-hybridized carbons (Fsp3) is 0.194. The van der Waals surface area contributed by atoms with Gasteiger partial charge in [0.1, 0.15) is 36.1 Å². The number of aromatic hydroxyl groups is 13. The number of carboxylic acids is 4. The molecule has 32 heteroatoms. The topological polar surface area (TPSA) is 545 Å². The molecular formula is C72H58O32. The maximum atomic E-state index is 15.3. The second kappa shape index (κ2) is 28.7. The minimum Gasteiger partial charge on any atom is -0.504 e. The van der Waals surface area contributed by atoms with Crippen molar-refractivity contribution in [3.8, 4) is 92.0 Å². The Morgan fingerprint density at radius 2 is 0.663 bits per heavy atom. The molecule has 8 aromatic rings. The van der Waals surface area contributed by atoms with E-state index in [-0.39, 0.29) is 55.6 Å². The number of ether oxygens (including phenoxy) is 7. The molecule has 538 valence electrons. The van der Waals surface area contributed by atoms with Gasteiger partial charge in [-0.05, 0) is 136 Å². The molecule has 8 aromatic carbocycles. The summed E-state index contributed by atoms with van der Waals surface area (Å²) in [6.45, 7) is 0. The van der Waals surface area contributed by atoms with Crippen LogP contribution in [0.2, 0.25) is 0 Å². The Balaban J connectivity index is 0.915. The second-order valence-electron chi connectivity index (χ2n) is 24.1. The Bertz CT molecular complexity index is 4860. The number of hydrogen-bond donors (Lipinski definition) is 17. The van der Waals surface area contributed by atoms with Gasteiger partial charge in [0, 0.05) is 48.4 Å². The summed E-state index contributed by atoms with van der Waals surface area (Å²) in [4.78, 5) is 110. The maximum absolute atomic E-state index is 15.3. The van der Waals surface area contributed by atoms with Crippen LogP contribution in [0.4, 0.5) is 0 Å². The summed E-state index contributed by atoms with van der Waals surface area (Å²) in [5, 5.41) is 179. The number of benzene rings is 8. The van der Waals surface area contributed by atoms with Gasteiger partial charge in [-0.1, -0.05) is 42.5 Å². The fourth-order valence-electron chi connectivity index (χ4n) is 12.3. The lowest BCUT2D eigenvalue weighted by atomic mass is 9.85. The number of carbonyl (C=O) groups is 8. The van der Waals surface area contributed by atoms with Gasteiger partial charge in [0.05, 0.1) is 0 Å². The van der Waals surface area contributed by atoms with Gasteiger partial charge in [-0.3, -0.25) is 14.4 Å². The van der Waals surface area contributed by atoms with Crippen molar-refractivity contribution in [3.05, 3.63) is 195 Å². The molecule has 3 heterocycles. The first kappa shape index (κ1) is 71.3. The number of esters is 4. The highest BCUT2D eigenvalue weighted by Crippen LogP contribution is 2.57. The first-order valence-electron chi connectivity index (χ1n) is 30.9. The third-order valence-corrected chi connectivity index (χ3v) is 17.3. The van der Waals surface area contributed by atoms with Crippen molar-refractivity contribution in [3.63, 3.8) is 0 Å². The number of phenolic OH excluding ortho intramolecular Hbond substituents is 13. The molecule has 104 heavy (non-hydrogen) atoms. The third-order valence-electron chi connectivity index (χ3n) is 17.3. The van der Waals surface area contributed by atoms with E-state index in [1.165, 1.54) is 30.3 Å². The zero-order valence-electron chi connectivity index (χ0n) is 53.1. The van der Waals surface area contributed by atoms with Gasteiger partial charge in [0.2, 0.25) is 24.4 Å². The van der Waals surface area contributed by atoms with E-state index in [9.17, 15) is 120 Å². The third kappa shape index (κ3) is 14.6. The number of carbonyl (C=O) groups excluding carboxylic acids is 4. The van der Waals surface area contributed by atoms with Gasteiger partial charge in [-0.2, -0.15) is 0 Å². The largest absolute Gasteiger partial charge is 0.504 e. The van der Waals surface area contributed by atoms with Crippen molar-refractivity contribution in [2.24, 2.45) is 0 Å². The predicted molar refractivity (Wildman–Crippen MR) is 345 cm³/mol. The highest BCUT2D eigenvalue weighted by atomic mass is 16.6. The van der Waals surface area contributed by atoms with Crippen LogP contribution in [-0.4, -0.2) is 159 Å². The summed E-state index contributed by atoms with van der Waals surface area (Å²) in [5.41, 5.74) is -1.84. The van der Waals surface area contributed by atoms with Crippen LogP contribution in [0.25, 0.3) is 6.08 Å². The number of phenols is 13. The predicted octanol–water partition coefficient (Wildman–Crippen LogP) is 6.48. The maximum Gasteiger partial charge on any atom is 0.345 e. The molecule has 0 spiro atoms. The monoisotopic (exact) mass is 1430 g/mol. The minimum absolute atomic E-state index is 0.0478. The average Bonchev–Trinajstić information content (AvgIpc) is 1.61. The Hall–Kier alpha value is -13.9. The molecule has 0 aliphatic carbocycles.